The van der Waals surface area contributed by atoms with Crippen LogP contribution in [0.5, 0.6) is 5.75 Å². The topological polar surface area (TPSA) is 117 Å². The molecule has 9 nitrogen and oxygen atoms in total. The van der Waals surface area contributed by atoms with Crippen molar-refractivity contribution in [1.82, 2.24) is 15.0 Å². The maximum Gasteiger partial charge on any atom is 0.258 e. The van der Waals surface area contributed by atoms with Crippen LogP contribution in [0.1, 0.15) is 43.2 Å². The zero-order chi connectivity index (χ0) is 29.1. The van der Waals surface area contributed by atoms with Crippen LogP contribution in [0.4, 0.5) is 0 Å². The SMILES string of the molecule is O=C(CN(Cc1ccccc1)S(=O)(=O)c1ccc(Cl)cc1)N/N=C\c1ccc(OCC(=O)NC2CCCCC2)cc1. The second kappa shape index (κ2) is 14.8. The summed E-state index contributed by atoms with van der Waals surface area (Å²) in [5.74, 6) is -0.197. The van der Waals surface area contributed by atoms with E-state index in [4.69, 9.17) is 16.3 Å². The molecule has 3 aromatic rings. The van der Waals surface area contributed by atoms with Gasteiger partial charge in [-0.1, -0.05) is 61.2 Å². The summed E-state index contributed by atoms with van der Waals surface area (Å²) in [6.07, 6.45) is 6.97. The Morgan fingerprint density at radius 2 is 1.61 bits per heavy atom. The molecule has 0 unspecified atom stereocenters. The number of sulfonamides is 1. The van der Waals surface area contributed by atoms with Gasteiger partial charge < -0.3 is 10.1 Å². The van der Waals surface area contributed by atoms with E-state index in [-0.39, 0.29) is 30.0 Å². The molecule has 1 fully saturated rings. The molecule has 11 heteroatoms. The van der Waals surface area contributed by atoms with Crippen LogP contribution >= 0.6 is 11.6 Å². The van der Waals surface area contributed by atoms with Crippen LogP contribution in [0.15, 0.2) is 88.9 Å². The number of nitrogens with zero attached hydrogens (tertiary/aromatic N) is 2. The molecule has 1 saturated carbocycles. The van der Waals surface area contributed by atoms with E-state index in [1.807, 2.05) is 6.07 Å². The molecule has 0 spiro atoms. The normalized spacial score (nSPS) is 14.2. The highest BCUT2D eigenvalue weighted by molar-refractivity contribution is 7.89. The van der Waals surface area contributed by atoms with Crippen molar-refractivity contribution in [3.8, 4) is 5.75 Å². The fraction of sp³-hybridized carbons (Fsp3) is 0.300. The van der Waals surface area contributed by atoms with E-state index in [0.29, 0.717) is 16.3 Å². The number of carbonyl (C=O) groups excluding carboxylic acids is 2. The summed E-state index contributed by atoms with van der Waals surface area (Å²) < 4.78 is 33.3. The number of amides is 2. The minimum atomic E-state index is -3.99. The number of hydrogen-bond donors (Lipinski definition) is 2. The zero-order valence-corrected chi connectivity index (χ0v) is 24.1. The van der Waals surface area contributed by atoms with Crippen molar-refractivity contribution in [1.29, 1.82) is 0 Å². The summed E-state index contributed by atoms with van der Waals surface area (Å²) in [6.45, 7) is -0.492. The number of ether oxygens (including phenoxy) is 1. The van der Waals surface area contributed by atoms with E-state index in [9.17, 15) is 18.0 Å². The van der Waals surface area contributed by atoms with E-state index in [1.165, 1.54) is 36.9 Å². The van der Waals surface area contributed by atoms with Crippen molar-refractivity contribution in [2.45, 2.75) is 49.6 Å². The van der Waals surface area contributed by atoms with Crippen LogP contribution in [0.25, 0.3) is 0 Å². The van der Waals surface area contributed by atoms with Crippen LogP contribution in [-0.4, -0.2) is 49.9 Å². The lowest BCUT2D eigenvalue weighted by atomic mass is 9.95. The molecule has 0 radical (unpaired) electrons. The highest BCUT2D eigenvalue weighted by Gasteiger charge is 2.27. The van der Waals surface area contributed by atoms with Crippen molar-refractivity contribution >= 4 is 39.7 Å². The minimum absolute atomic E-state index is 0.00305. The maximum atomic E-state index is 13.3. The molecule has 3 aromatic carbocycles. The Bertz CT molecular complexity index is 1430. The third kappa shape index (κ3) is 9.41. The molecule has 1 aliphatic rings. The number of hydrogen-bond acceptors (Lipinski definition) is 6. The second-order valence-electron chi connectivity index (χ2n) is 9.77. The molecular weight excluding hydrogens is 564 g/mol. The van der Waals surface area contributed by atoms with Gasteiger partial charge in [0.05, 0.1) is 17.7 Å². The molecule has 0 aliphatic heterocycles. The molecule has 0 bridgehead atoms. The van der Waals surface area contributed by atoms with E-state index in [1.54, 1.807) is 48.5 Å². The molecule has 1 aliphatic carbocycles. The monoisotopic (exact) mass is 596 g/mol. The van der Waals surface area contributed by atoms with Crippen molar-refractivity contribution in [3.63, 3.8) is 0 Å². The van der Waals surface area contributed by atoms with Crippen LogP contribution in [0.2, 0.25) is 5.02 Å². The standard InChI is InChI=1S/C30H33ClN4O5S/c31-25-13-17-28(18-14-25)41(38,39)35(20-24-7-3-1-4-8-24)21-29(36)34-32-19-23-11-15-27(16-12-23)40-22-30(37)33-26-9-5-2-6-10-26/h1,3-4,7-8,11-19,26H,2,5-6,9-10,20-22H2,(H,33,37)(H,34,36)/b32-19-. The molecular formula is C30H33ClN4O5S. The number of halogens is 1. The molecule has 0 heterocycles. The number of hydrazone groups is 1. The Kier molecular flexibility index (Phi) is 10.9. The molecule has 216 valence electrons. The molecule has 2 N–H and O–H groups in total. The van der Waals surface area contributed by atoms with Crippen molar-refractivity contribution < 1.29 is 22.7 Å². The van der Waals surface area contributed by atoms with Crippen LogP contribution in [0.3, 0.4) is 0 Å². The zero-order valence-electron chi connectivity index (χ0n) is 22.5. The second-order valence-corrected chi connectivity index (χ2v) is 12.1. The van der Waals surface area contributed by atoms with Gasteiger partial charge in [-0.3, -0.25) is 9.59 Å². The summed E-state index contributed by atoms with van der Waals surface area (Å²) in [5, 5.41) is 7.39. The maximum absolute atomic E-state index is 13.3. The lowest BCUT2D eigenvalue weighted by molar-refractivity contribution is -0.124. The average molecular weight is 597 g/mol. The molecule has 2 amide bonds. The summed E-state index contributed by atoms with van der Waals surface area (Å²) >= 11 is 5.92. The van der Waals surface area contributed by atoms with Crippen LogP contribution in [-0.2, 0) is 26.2 Å². The van der Waals surface area contributed by atoms with Gasteiger partial charge in [0.1, 0.15) is 5.75 Å². The average Bonchev–Trinajstić information content (AvgIpc) is 2.98. The minimum Gasteiger partial charge on any atom is -0.484 e. The molecule has 41 heavy (non-hydrogen) atoms. The Balaban J connectivity index is 1.31. The first-order chi connectivity index (χ1) is 19.8. The fourth-order valence-electron chi connectivity index (χ4n) is 4.46. The highest BCUT2D eigenvalue weighted by atomic mass is 35.5. The van der Waals surface area contributed by atoms with Gasteiger partial charge in [-0.2, -0.15) is 9.41 Å². The Morgan fingerprint density at radius 3 is 2.29 bits per heavy atom. The van der Waals surface area contributed by atoms with Crippen LogP contribution < -0.4 is 15.5 Å². The van der Waals surface area contributed by atoms with Gasteiger partial charge in [-0.15, -0.1) is 0 Å². The van der Waals surface area contributed by atoms with E-state index < -0.39 is 22.5 Å². The third-order valence-electron chi connectivity index (χ3n) is 6.60. The van der Waals surface area contributed by atoms with Gasteiger partial charge >= 0.3 is 0 Å². The number of nitrogens with one attached hydrogen (secondary N) is 2. The van der Waals surface area contributed by atoms with Crippen LogP contribution in [0, 0.1) is 0 Å². The van der Waals surface area contributed by atoms with E-state index in [0.717, 1.165) is 35.6 Å². The van der Waals surface area contributed by atoms with Gasteiger partial charge in [0.2, 0.25) is 10.0 Å². The van der Waals surface area contributed by atoms with Crippen molar-refractivity contribution in [2.75, 3.05) is 13.2 Å². The molecule has 0 aromatic heterocycles. The van der Waals surface area contributed by atoms with Crippen molar-refractivity contribution in [2.24, 2.45) is 5.10 Å². The summed E-state index contributed by atoms with van der Waals surface area (Å²) in [6, 6.07) is 21.9. The summed E-state index contributed by atoms with van der Waals surface area (Å²) in [5.41, 5.74) is 3.80. The van der Waals surface area contributed by atoms with Gasteiger partial charge in [0.25, 0.3) is 11.8 Å². The van der Waals surface area contributed by atoms with E-state index in [2.05, 4.69) is 15.8 Å². The Labute approximate surface area is 245 Å². The fourth-order valence-corrected chi connectivity index (χ4v) is 5.97. The first-order valence-electron chi connectivity index (χ1n) is 13.4. The van der Waals surface area contributed by atoms with Gasteiger partial charge in [0.15, 0.2) is 6.61 Å². The first-order valence-corrected chi connectivity index (χ1v) is 15.3. The molecule has 4 rings (SSSR count). The molecule has 0 atom stereocenters. The van der Waals surface area contributed by atoms with Gasteiger partial charge in [-0.25, -0.2) is 13.8 Å². The van der Waals surface area contributed by atoms with Gasteiger partial charge in [-0.05, 0) is 72.5 Å². The largest absolute Gasteiger partial charge is 0.484 e. The lowest BCUT2D eigenvalue weighted by Crippen LogP contribution is -2.39. The quantitative estimate of drug-likeness (QED) is 0.236. The summed E-state index contributed by atoms with van der Waals surface area (Å²) in [4.78, 5) is 24.9. The third-order valence-corrected chi connectivity index (χ3v) is 8.65. The predicted molar refractivity (Wildman–Crippen MR) is 158 cm³/mol. The molecule has 0 saturated heterocycles. The smallest absolute Gasteiger partial charge is 0.258 e. The number of carbonyl (C=O) groups is 2. The number of rotatable bonds is 12. The predicted octanol–water partition coefficient (Wildman–Crippen LogP) is 4.51. The Hall–Kier alpha value is -3.73. The van der Waals surface area contributed by atoms with E-state index >= 15 is 0 Å². The Morgan fingerprint density at radius 1 is 0.927 bits per heavy atom. The first kappa shape index (κ1) is 30.2. The summed E-state index contributed by atoms with van der Waals surface area (Å²) in [7, 11) is -3.99. The number of benzene rings is 3. The van der Waals surface area contributed by atoms with Crippen molar-refractivity contribution in [3.05, 3.63) is 95.0 Å². The highest BCUT2D eigenvalue weighted by Crippen LogP contribution is 2.21. The lowest BCUT2D eigenvalue weighted by Gasteiger charge is -2.22. The van der Waals surface area contributed by atoms with Gasteiger partial charge in [0, 0.05) is 17.6 Å².